The number of rotatable bonds is 3. The van der Waals surface area contributed by atoms with Gasteiger partial charge in [0.05, 0.1) is 28.9 Å². The largest absolute Gasteiger partial charge is 0.398 e. The fraction of sp³-hybridized carbons (Fsp3) is 0.190. The zero-order valence-corrected chi connectivity index (χ0v) is 15.5. The van der Waals surface area contributed by atoms with Crippen LogP contribution in [0.3, 0.4) is 0 Å². The van der Waals surface area contributed by atoms with Gasteiger partial charge in [-0.25, -0.2) is 4.98 Å². The first-order valence-corrected chi connectivity index (χ1v) is 8.73. The highest BCUT2D eigenvalue weighted by atomic mass is 16.5. The van der Waals surface area contributed by atoms with Crippen LogP contribution in [0.4, 0.5) is 5.69 Å². The predicted molar refractivity (Wildman–Crippen MR) is 106 cm³/mol. The number of pyridine rings is 2. The van der Waals surface area contributed by atoms with Gasteiger partial charge in [-0.15, -0.1) is 0 Å². The highest BCUT2D eigenvalue weighted by molar-refractivity contribution is 5.80. The van der Waals surface area contributed by atoms with Gasteiger partial charge in [0.1, 0.15) is 11.4 Å². The van der Waals surface area contributed by atoms with E-state index in [2.05, 4.69) is 5.16 Å². The summed E-state index contributed by atoms with van der Waals surface area (Å²) in [5.74, 6) is 0.702. The standard InChI is InChI=1S/C21H20N4O2/c1-12-10-19(26)16-8-9-18(20-13(2)24-27-14(20)3)23-21(16)25(12)11-15-6-4-5-7-17(15)22/h4-10H,11,22H2,1-3H3. The van der Waals surface area contributed by atoms with E-state index in [0.717, 1.165) is 28.2 Å². The maximum Gasteiger partial charge on any atom is 0.191 e. The van der Waals surface area contributed by atoms with E-state index in [1.165, 1.54) is 0 Å². The van der Waals surface area contributed by atoms with Crippen molar-refractivity contribution in [2.45, 2.75) is 27.3 Å². The lowest BCUT2D eigenvalue weighted by Crippen LogP contribution is -2.15. The number of fused-ring (bicyclic) bond motifs is 1. The van der Waals surface area contributed by atoms with Crippen molar-refractivity contribution in [2.24, 2.45) is 0 Å². The number of aromatic nitrogens is 3. The summed E-state index contributed by atoms with van der Waals surface area (Å²) in [4.78, 5) is 17.3. The van der Waals surface area contributed by atoms with Gasteiger partial charge in [-0.1, -0.05) is 23.4 Å². The van der Waals surface area contributed by atoms with Crippen molar-refractivity contribution in [3.8, 4) is 11.3 Å². The maximum atomic E-state index is 12.5. The summed E-state index contributed by atoms with van der Waals surface area (Å²) < 4.78 is 7.29. The minimum absolute atomic E-state index is 0.0439. The van der Waals surface area contributed by atoms with Crippen LogP contribution in [-0.4, -0.2) is 14.7 Å². The summed E-state index contributed by atoms with van der Waals surface area (Å²) in [6.45, 7) is 6.18. The molecule has 4 aromatic rings. The average molecular weight is 360 g/mol. The summed E-state index contributed by atoms with van der Waals surface area (Å²) in [6.07, 6.45) is 0. The van der Waals surface area contributed by atoms with Crippen LogP contribution in [0.5, 0.6) is 0 Å². The molecule has 6 heteroatoms. The van der Waals surface area contributed by atoms with Crippen molar-refractivity contribution in [1.82, 2.24) is 14.7 Å². The third-order valence-corrected chi connectivity index (χ3v) is 4.84. The van der Waals surface area contributed by atoms with Gasteiger partial charge in [-0.3, -0.25) is 4.79 Å². The third kappa shape index (κ3) is 2.89. The molecule has 0 amide bonds. The van der Waals surface area contributed by atoms with Crippen LogP contribution < -0.4 is 11.2 Å². The van der Waals surface area contributed by atoms with Crippen molar-refractivity contribution in [3.05, 3.63) is 75.4 Å². The molecule has 0 saturated carbocycles. The second-order valence-electron chi connectivity index (χ2n) is 6.70. The molecule has 1 aromatic carbocycles. The number of hydrogen-bond acceptors (Lipinski definition) is 5. The van der Waals surface area contributed by atoms with E-state index in [9.17, 15) is 4.79 Å². The van der Waals surface area contributed by atoms with Crippen LogP contribution in [0.25, 0.3) is 22.3 Å². The van der Waals surface area contributed by atoms with Gasteiger partial charge in [0.2, 0.25) is 0 Å². The van der Waals surface area contributed by atoms with Gasteiger partial charge in [-0.2, -0.15) is 0 Å². The quantitative estimate of drug-likeness (QED) is 0.564. The maximum absolute atomic E-state index is 12.5. The summed E-state index contributed by atoms with van der Waals surface area (Å²) in [5, 5.41) is 4.58. The Kier molecular flexibility index (Phi) is 4.03. The second kappa shape index (κ2) is 6.39. The van der Waals surface area contributed by atoms with Gasteiger partial charge in [0.25, 0.3) is 0 Å². The smallest absolute Gasteiger partial charge is 0.191 e. The number of nitrogens with zero attached hydrogens (tertiary/aromatic N) is 3. The summed E-state index contributed by atoms with van der Waals surface area (Å²) in [5.41, 5.74) is 11.6. The van der Waals surface area contributed by atoms with Crippen LogP contribution in [0.2, 0.25) is 0 Å². The zero-order valence-electron chi connectivity index (χ0n) is 15.5. The normalized spacial score (nSPS) is 11.2. The molecule has 0 saturated heterocycles. The van der Waals surface area contributed by atoms with Crippen LogP contribution in [-0.2, 0) is 6.54 Å². The Morgan fingerprint density at radius 1 is 1.11 bits per heavy atom. The first kappa shape index (κ1) is 17.0. The predicted octanol–water partition coefficient (Wildman–Crippen LogP) is 3.61. The Hall–Kier alpha value is -3.41. The van der Waals surface area contributed by atoms with Gasteiger partial charge in [0, 0.05) is 17.4 Å². The molecule has 6 nitrogen and oxygen atoms in total. The zero-order chi connectivity index (χ0) is 19.1. The molecule has 0 atom stereocenters. The van der Waals surface area contributed by atoms with Gasteiger partial charge in [-0.05, 0) is 44.5 Å². The second-order valence-corrected chi connectivity index (χ2v) is 6.70. The Labute approximate surface area is 156 Å². The summed E-state index contributed by atoms with van der Waals surface area (Å²) in [6, 6.07) is 13.0. The number of aryl methyl sites for hydroxylation is 3. The lowest BCUT2D eigenvalue weighted by atomic mass is 10.1. The molecule has 0 radical (unpaired) electrons. The Bertz CT molecular complexity index is 1200. The molecule has 4 rings (SSSR count). The van der Waals surface area contributed by atoms with E-state index in [0.29, 0.717) is 29.0 Å². The van der Waals surface area contributed by atoms with E-state index >= 15 is 0 Å². The Balaban J connectivity index is 1.96. The number of anilines is 1. The van der Waals surface area contributed by atoms with Gasteiger partial charge >= 0.3 is 0 Å². The van der Waals surface area contributed by atoms with Crippen molar-refractivity contribution in [2.75, 3.05) is 5.73 Å². The Morgan fingerprint density at radius 3 is 2.59 bits per heavy atom. The first-order chi connectivity index (χ1) is 13.0. The molecule has 0 unspecified atom stereocenters. The fourth-order valence-electron chi connectivity index (χ4n) is 3.39. The van der Waals surface area contributed by atoms with Crippen LogP contribution in [0, 0.1) is 20.8 Å². The fourth-order valence-corrected chi connectivity index (χ4v) is 3.39. The average Bonchev–Trinajstić information content (AvgIpc) is 2.98. The molecule has 3 heterocycles. The van der Waals surface area contributed by atoms with Crippen molar-refractivity contribution >= 4 is 16.7 Å². The topological polar surface area (TPSA) is 86.9 Å². The molecule has 2 N–H and O–H groups in total. The molecule has 0 fully saturated rings. The van der Waals surface area contributed by atoms with Gasteiger partial charge < -0.3 is 14.8 Å². The lowest BCUT2D eigenvalue weighted by molar-refractivity contribution is 0.393. The van der Waals surface area contributed by atoms with Gasteiger partial charge in [0.15, 0.2) is 5.43 Å². The highest BCUT2D eigenvalue weighted by Crippen LogP contribution is 2.27. The molecule has 0 aliphatic carbocycles. The number of hydrogen-bond donors (Lipinski definition) is 1. The number of nitrogens with two attached hydrogens (primary N) is 1. The minimum atomic E-state index is -0.0439. The molecule has 0 bridgehead atoms. The lowest BCUT2D eigenvalue weighted by Gasteiger charge is -2.16. The van der Waals surface area contributed by atoms with E-state index in [1.54, 1.807) is 6.07 Å². The monoisotopic (exact) mass is 360 g/mol. The molecule has 0 aliphatic rings. The van der Waals surface area contributed by atoms with E-state index in [-0.39, 0.29) is 5.43 Å². The minimum Gasteiger partial charge on any atom is -0.398 e. The van der Waals surface area contributed by atoms with Crippen LogP contribution >= 0.6 is 0 Å². The number of nitrogen functional groups attached to an aromatic ring is 1. The molecule has 136 valence electrons. The van der Waals surface area contributed by atoms with Crippen LogP contribution in [0.1, 0.15) is 22.7 Å². The SMILES string of the molecule is Cc1noc(C)c1-c1ccc2c(=O)cc(C)n(Cc3ccccc3N)c2n1. The Morgan fingerprint density at radius 2 is 1.89 bits per heavy atom. The third-order valence-electron chi connectivity index (χ3n) is 4.84. The van der Waals surface area contributed by atoms with E-state index in [4.69, 9.17) is 15.2 Å². The molecular weight excluding hydrogens is 340 g/mol. The van der Waals surface area contributed by atoms with Crippen molar-refractivity contribution in [3.63, 3.8) is 0 Å². The first-order valence-electron chi connectivity index (χ1n) is 8.73. The molecule has 0 aliphatic heterocycles. The molecular formula is C21H20N4O2. The summed E-state index contributed by atoms with van der Waals surface area (Å²) >= 11 is 0. The molecule has 27 heavy (non-hydrogen) atoms. The van der Waals surface area contributed by atoms with E-state index < -0.39 is 0 Å². The van der Waals surface area contributed by atoms with Crippen molar-refractivity contribution < 1.29 is 4.52 Å². The molecule has 3 aromatic heterocycles. The highest BCUT2D eigenvalue weighted by Gasteiger charge is 2.16. The molecule has 0 spiro atoms. The number of benzene rings is 1. The summed E-state index contributed by atoms with van der Waals surface area (Å²) in [7, 11) is 0. The van der Waals surface area contributed by atoms with E-state index in [1.807, 2.05) is 61.7 Å². The van der Waals surface area contributed by atoms with Crippen molar-refractivity contribution in [1.29, 1.82) is 0 Å². The van der Waals surface area contributed by atoms with Crippen LogP contribution in [0.15, 0.2) is 51.8 Å². The number of para-hydroxylation sites is 1.